The number of terminal acetylenes is 1. The molecule has 3 aromatic carbocycles. The Hall–Kier alpha value is -3.51. The molecule has 0 aliphatic carbocycles. The lowest BCUT2D eigenvalue weighted by molar-refractivity contribution is 0.102. The summed E-state index contributed by atoms with van der Waals surface area (Å²) in [7, 11) is 0. The van der Waals surface area contributed by atoms with Gasteiger partial charge in [0.05, 0.1) is 0 Å². The van der Waals surface area contributed by atoms with Crippen LogP contribution in [-0.4, -0.2) is 5.91 Å². The molecule has 1 N–H and O–H groups in total. The quantitative estimate of drug-likeness (QED) is 0.701. The van der Waals surface area contributed by atoms with Crippen LogP contribution in [0.3, 0.4) is 0 Å². The molecule has 0 fully saturated rings. The molecule has 3 nitrogen and oxygen atoms in total. The highest BCUT2D eigenvalue weighted by molar-refractivity contribution is 6.04. The van der Waals surface area contributed by atoms with Crippen molar-refractivity contribution in [3.05, 3.63) is 95.6 Å². The molecular weight excluding hydrogens is 310 g/mol. The molecular formula is C22H17NO2. The van der Waals surface area contributed by atoms with E-state index in [0.717, 1.165) is 16.9 Å². The first-order valence-corrected chi connectivity index (χ1v) is 7.89. The molecule has 0 spiro atoms. The molecule has 0 aliphatic rings. The lowest BCUT2D eigenvalue weighted by Crippen LogP contribution is -2.12. The zero-order chi connectivity index (χ0) is 17.5. The average Bonchev–Trinajstić information content (AvgIpc) is 2.67. The molecule has 0 aromatic heterocycles. The van der Waals surface area contributed by atoms with Crippen molar-refractivity contribution in [3.63, 3.8) is 0 Å². The third-order valence-corrected chi connectivity index (χ3v) is 3.65. The van der Waals surface area contributed by atoms with Crippen LogP contribution in [0.5, 0.6) is 5.75 Å². The van der Waals surface area contributed by atoms with Gasteiger partial charge in [-0.3, -0.25) is 4.79 Å². The fraction of sp³-hybridized carbons (Fsp3) is 0.0455. The lowest BCUT2D eigenvalue weighted by Gasteiger charge is -2.08. The van der Waals surface area contributed by atoms with Crippen molar-refractivity contribution in [2.75, 3.05) is 5.32 Å². The zero-order valence-corrected chi connectivity index (χ0v) is 13.6. The predicted molar refractivity (Wildman–Crippen MR) is 99.5 cm³/mol. The minimum atomic E-state index is -0.176. The van der Waals surface area contributed by atoms with Gasteiger partial charge in [-0.2, -0.15) is 0 Å². The number of amides is 1. The Balaban J connectivity index is 1.61. The molecule has 1 amide bonds. The number of anilines is 1. The largest absolute Gasteiger partial charge is 0.489 e. The van der Waals surface area contributed by atoms with Crippen LogP contribution in [0.25, 0.3) is 0 Å². The third-order valence-electron chi connectivity index (χ3n) is 3.65. The van der Waals surface area contributed by atoms with Gasteiger partial charge < -0.3 is 10.1 Å². The molecule has 0 aliphatic heterocycles. The second-order valence-electron chi connectivity index (χ2n) is 5.48. The number of hydrogen-bond donors (Lipinski definition) is 1. The van der Waals surface area contributed by atoms with Gasteiger partial charge >= 0.3 is 0 Å². The van der Waals surface area contributed by atoms with E-state index in [9.17, 15) is 4.79 Å². The van der Waals surface area contributed by atoms with Crippen molar-refractivity contribution >= 4 is 11.6 Å². The molecule has 0 atom stereocenters. The molecule has 122 valence electrons. The van der Waals surface area contributed by atoms with Crippen molar-refractivity contribution < 1.29 is 9.53 Å². The van der Waals surface area contributed by atoms with Crippen LogP contribution in [0, 0.1) is 12.3 Å². The number of carbonyl (C=O) groups is 1. The summed E-state index contributed by atoms with van der Waals surface area (Å²) in [5.41, 5.74) is 2.98. The van der Waals surface area contributed by atoms with E-state index < -0.39 is 0 Å². The van der Waals surface area contributed by atoms with E-state index in [1.165, 1.54) is 0 Å². The number of ether oxygens (including phenoxy) is 1. The van der Waals surface area contributed by atoms with E-state index in [0.29, 0.717) is 17.9 Å². The van der Waals surface area contributed by atoms with Gasteiger partial charge in [0.15, 0.2) is 0 Å². The minimum absolute atomic E-state index is 0.176. The summed E-state index contributed by atoms with van der Waals surface area (Å²) >= 11 is 0. The summed E-state index contributed by atoms with van der Waals surface area (Å²) in [6.07, 6.45) is 5.37. The Bertz CT molecular complexity index is 893. The van der Waals surface area contributed by atoms with Crippen LogP contribution in [0.15, 0.2) is 78.9 Å². The van der Waals surface area contributed by atoms with Gasteiger partial charge in [0.1, 0.15) is 12.4 Å². The number of benzene rings is 3. The molecule has 0 unspecified atom stereocenters. The fourth-order valence-electron chi connectivity index (χ4n) is 2.33. The second-order valence-corrected chi connectivity index (χ2v) is 5.48. The van der Waals surface area contributed by atoms with E-state index in [2.05, 4.69) is 11.2 Å². The van der Waals surface area contributed by atoms with Crippen LogP contribution < -0.4 is 10.1 Å². The second kappa shape index (κ2) is 7.85. The lowest BCUT2D eigenvalue weighted by atomic mass is 10.1. The number of hydrogen-bond acceptors (Lipinski definition) is 2. The molecule has 25 heavy (non-hydrogen) atoms. The molecule has 0 heterocycles. The Labute approximate surface area is 147 Å². The minimum Gasteiger partial charge on any atom is -0.489 e. The van der Waals surface area contributed by atoms with E-state index in [1.54, 1.807) is 24.3 Å². The smallest absolute Gasteiger partial charge is 0.255 e. The van der Waals surface area contributed by atoms with Crippen LogP contribution in [0.4, 0.5) is 5.69 Å². The van der Waals surface area contributed by atoms with Crippen LogP contribution in [0.2, 0.25) is 0 Å². The summed E-state index contributed by atoms with van der Waals surface area (Å²) in [6.45, 7) is 0.454. The topological polar surface area (TPSA) is 38.3 Å². The highest BCUT2D eigenvalue weighted by Gasteiger charge is 2.06. The fourth-order valence-corrected chi connectivity index (χ4v) is 2.33. The highest BCUT2D eigenvalue weighted by Crippen LogP contribution is 2.14. The van der Waals surface area contributed by atoms with Gasteiger partial charge in [-0.25, -0.2) is 0 Å². The summed E-state index contributed by atoms with van der Waals surface area (Å²) < 4.78 is 5.69. The van der Waals surface area contributed by atoms with Crippen molar-refractivity contribution in [2.45, 2.75) is 6.61 Å². The number of carbonyl (C=O) groups excluding carboxylic acids is 1. The van der Waals surface area contributed by atoms with Gasteiger partial charge in [0.25, 0.3) is 5.91 Å². The van der Waals surface area contributed by atoms with Crippen molar-refractivity contribution in [1.29, 1.82) is 0 Å². The molecule has 3 rings (SSSR count). The van der Waals surface area contributed by atoms with E-state index in [-0.39, 0.29) is 5.91 Å². The van der Waals surface area contributed by atoms with Crippen LogP contribution in [-0.2, 0) is 6.61 Å². The van der Waals surface area contributed by atoms with Crippen molar-refractivity contribution in [1.82, 2.24) is 0 Å². The summed E-state index contributed by atoms with van der Waals surface area (Å²) in [5.74, 6) is 3.19. The number of para-hydroxylation sites is 1. The van der Waals surface area contributed by atoms with Gasteiger partial charge in [-0.15, -0.1) is 6.42 Å². The standard InChI is InChI=1S/C22H17NO2/c1-2-17-7-6-8-20(15-17)23-22(24)19-13-11-18(12-14-19)16-25-21-9-4-3-5-10-21/h1,3-15H,16H2,(H,23,24). The Morgan fingerprint density at radius 1 is 0.960 bits per heavy atom. The first kappa shape index (κ1) is 16.4. The van der Waals surface area contributed by atoms with Crippen LogP contribution >= 0.6 is 0 Å². The van der Waals surface area contributed by atoms with Gasteiger partial charge in [0, 0.05) is 16.8 Å². The SMILES string of the molecule is C#Cc1cccc(NC(=O)c2ccc(COc3ccccc3)cc2)c1. The summed E-state index contributed by atoms with van der Waals surface area (Å²) in [4.78, 5) is 12.3. The maximum absolute atomic E-state index is 12.3. The number of nitrogens with one attached hydrogen (secondary N) is 1. The first-order valence-electron chi connectivity index (χ1n) is 7.89. The normalized spacial score (nSPS) is 9.88. The maximum Gasteiger partial charge on any atom is 0.255 e. The molecule has 0 saturated heterocycles. The van der Waals surface area contributed by atoms with Crippen molar-refractivity contribution in [3.8, 4) is 18.1 Å². The van der Waals surface area contributed by atoms with Crippen molar-refractivity contribution in [2.24, 2.45) is 0 Å². The Morgan fingerprint density at radius 3 is 2.44 bits per heavy atom. The molecule has 0 saturated carbocycles. The molecule has 3 aromatic rings. The Morgan fingerprint density at radius 2 is 1.72 bits per heavy atom. The maximum atomic E-state index is 12.3. The monoisotopic (exact) mass is 327 g/mol. The molecule has 0 bridgehead atoms. The molecule has 3 heteroatoms. The van der Waals surface area contributed by atoms with Crippen LogP contribution in [0.1, 0.15) is 21.5 Å². The van der Waals surface area contributed by atoms with E-state index in [4.69, 9.17) is 11.2 Å². The zero-order valence-electron chi connectivity index (χ0n) is 13.6. The Kier molecular flexibility index (Phi) is 5.13. The molecule has 0 radical (unpaired) electrons. The summed E-state index contributed by atoms with van der Waals surface area (Å²) in [6, 6.07) is 24.2. The predicted octanol–water partition coefficient (Wildman–Crippen LogP) is 4.50. The average molecular weight is 327 g/mol. The first-order chi connectivity index (χ1) is 12.2. The number of rotatable bonds is 5. The van der Waals surface area contributed by atoms with Gasteiger partial charge in [-0.05, 0) is 48.0 Å². The van der Waals surface area contributed by atoms with Gasteiger partial charge in [-0.1, -0.05) is 42.3 Å². The third kappa shape index (κ3) is 4.49. The van der Waals surface area contributed by atoms with E-state index in [1.807, 2.05) is 54.6 Å². The summed E-state index contributed by atoms with van der Waals surface area (Å²) in [5, 5.41) is 2.84. The van der Waals surface area contributed by atoms with Gasteiger partial charge in [0.2, 0.25) is 0 Å². The highest BCUT2D eigenvalue weighted by atomic mass is 16.5. The van der Waals surface area contributed by atoms with E-state index >= 15 is 0 Å².